The van der Waals surface area contributed by atoms with Crippen molar-refractivity contribution in [2.45, 2.75) is 24.3 Å². The molecule has 1 aliphatic rings. The van der Waals surface area contributed by atoms with Crippen molar-refractivity contribution in [3.8, 4) is 6.07 Å². The molecule has 0 aliphatic carbocycles. The van der Waals surface area contributed by atoms with Gasteiger partial charge in [0.1, 0.15) is 0 Å². The molecule has 0 amide bonds. The summed E-state index contributed by atoms with van der Waals surface area (Å²) in [6.07, 6.45) is 1.61. The highest BCUT2D eigenvalue weighted by atomic mass is 32.2. The largest absolute Gasteiger partial charge is 0.376 e. The molecule has 0 radical (unpaired) electrons. The molecule has 1 atom stereocenters. The first-order valence-corrected chi connectivity index (χ1v) is 10.7. The summed E-state index contributed by atoms with van der Waals surface area (Å²) in [7, 11) is -3.70. The average Bonchev–Trinajstić information content (AvgIpc) is 2.74. The van der Waals surface area contributed by atoms with Crippen LogP contribution in [0.1, 0.15) is 24.0 Å². The number of nitrogens with zero attached hydrogens (tertiary/aromatic N) is 3. The summed E-state index contributed by atoms with van der Waals surface area (Å²) in [4.78, 5) is 10.3. The quantitative estimate of drug-likeness (QED) is 0.507. The van der Waals surface area contributed by atoms with Crippen LogP contribution in [0, 0.1) is 27.4 Å². The van der Waals surface area contributed by atoms with E-state index in [1.54, 1.807) is 12.1 Å². The highest BCUT2D eigenvalue weighted by Gasteiger charge is 2.30. The van der Waals surface area contributed by atoms with Crippen molar-refractivity contribution in [3.63, 3.8) is 0 Å². The number of nitriles is 1. The second kappa shape index (κ2) is 9.13. The van der Waals surface area contributed by atoms with Gasteiger partial charge in [-0.1, -0.05) is 12.1 Å². The number of sulfonamides is 1. The van der Waals surface area contributed by atoms with Crippen LogP contribution in [0.15, 0.2) is 53.4 Å². The van der Waals surface area contributed by atoms with E-state index in [0.29, 0.717) is 31.9 Å². The molecule has 0 saturated carbocycles. The lowest BCUT2D eigenvalue weighted by Gasteiger charge is -2.31. The van der Waals surface area contributed by atoms with Gasteiger partial charge in [0.2, 0.25) is 10.0 Å². The monoisotopic (exact) mass is 415 g/mol. The normalized spacial score (nSPS) is 17.6. The van der Waals surface area contributed by atoms with Crippen molar-refractivity contribution in [1.82, 2.24) is 4.31 Å². The molecule has 1 fully saturated rings. The topological polar surface area (TPSA) is 114 Å². The second-order valence-corrected chi connectivity index (χ2v) is 8.88. The fourth-order valence-corrected chi connectivity index (χ4v) is 4.84. The highest BCUT2D eigenvalue weighted by Crippen LogP contribution is 2.25. The lowest BCUT2D eigenvalue weighted by atomic mass is 10.0. The maximum absolute atomic E-state index is 12.9. The molecule has 152 valence electrons. The molecule has 1 saturated heterocycles. The first-order chi connectivity index (χ1) is 13.9. The number of ether oxygens (including phenoxy) is 1. The smallest absolute Gasteiger partial charge is 0.269 e. The SMILES string of the molecule is N#Cc1ccc(COCC2CCCN(S(=O)(=O)c3ccc([N+](=O)[O-])cc3)C2)cc1. The number of hydrogen-bond acceptors (Lipinski definition) is 6. The molecule has 0 bridgehead atoms. The average molecular weight is 415 g/mol. The van der Waals surface area contributed by atoms with Crippen molar-refractivity contribution in [2.75, 3.05) is 19.7 Å². The van der Waals surface area contributed by atoms with Gasteiger partial charge < -0.3 is 4.74 Å². The lowest BCUT2D eigenvalue weighted by molar-refractivity contribution is -0.384. The first kappa shape index (κ1) is 20.9. The zero-order chi connectivity index (χ0) is 20.9. The molecule has 29 heavy (non-hydrogen) atoms. The fraction of sp³-hybridized carbons (Fsp3) is 0.350. The van der Waals surface area contributed by atoms with Crippen LogP contribution in [0.3, 0.4) is 0 Å². The van der Waals surface area contributed by atoms with Crippen molar-refractivity contribution in [1.29, 1.82) is 5.26 Å². The Morgan fingerprint density at radius 2 is 1.86 bits per heavy atom. The van der Waals surface area contributed by atoms with E-state index in [1.807, 2.05) is 12.1 Å². The van der Waals surface area contributed by atoms with E-state index in [1.165, 1.54) is 28.6 Å². The molecule has 2 aromatic rings. The van der Waals surface area contributed by atoms with Gasteiger partial charge in [-0.25, -0.2) is 8.42 Å². The molecular formula is C20H21N3O5S. The third-order valence-corrected chi connectivity index (χ3v) is 6.75. The summed E-state index contributed by atoms with van der Waals surface area (Å²) in [6, 6.07) is 14.2. The highest BCUT2D eigenvalue weighted by molar-refractivity contribution is 7.89. The Balaban J connectivity index is 1.57. The van der Waals surface area contributed by atoms with E-state index < -0.39 is 14.9 Å². The zero-order valence-corrected chi connectivity index (χ0v) is 16.5. The number of piperidine rings is 1. The third-order valence-electron chi connectivity index (χ3n) is 4.87. The Morgan fingerprint density at radius 1 is 1.17 bits per heavy atom. The maximum atomic E-state index is 12.9. The van der Waals surface area contributed by atoms with E-state index in [-0.39, 0.29) is 16.5 Å². The number of hydrogen-bond donors (Lipinski definition) is 0. The summed E-state index contributed by atoms with van der Waals surface area (Å²) < 4.78 is 32.9. The standard InChI is InChI=1S/C20H21N3O5S/c21-12-16-3-5-17(6-4-16)14-28-15-18-2-1-11-22(13-18)29(26,27)20-9-7-19(8-10-20)23(24)25/h3-10,18H,1-2,11,13-15H2. The summed E-state index contributed by atoms with van der Waals surface area (Å²) >= 11 is 0. The van der Waals surface area contributed by atoms with Crippen LogP contribution >= 0.6 is 0 Å². The fourth-order valence-electron chi connectivity index (χ4n) is 3.29. The molecule has 3 rings (SSSR count). The van der Waals surface area contributed by atoms with Crippen molar-refractivity contribution in [2.24, 2.45) is 5.92 Å². The van der Waals surface area contributed by atoms with Gasteiger partial charge in [0.15, 0.2) is 0 Å². The van der Waals surface area contributed by atoms with E-state index in [9.17, 15) is 18.5 Å². The van der Waals surface area contributed by atoms with Gasteiger partial charge in [-0.05, 0) is 48.6 Å². The molecule has 1 heterocycles. The molecule has 2 aromatic carbocycles. The molecule has 1 unspecified atom stereocenters. The van der Waals surface area contributed by atoms with Gasteiger partial charge in [-0.3, -0.25) is 10.1 Å². The van der Waals surface area contributed by atoms with Crippen molar-refractivity contribution in [3.05, 3.63) is 69.8 Å². The third kappa shape index (κ3) is 5.17. The Bertz CT molecular complexity index is 998. The van der Waals surface area contributed by atoms with Crippen LogP contribution in [-0.2, 0) is 21.4 Å². The first-order valence-electron chi connectivity index (χ1n) is 9.21. The van der Waals surface area contributed by atoms with E-state index in [2.05, 4.69) is 6.07 Å². The van der Waals surface area contributed by atoms with Crippen LogP contribution in [-0.4, -0.2) is 37.3 Å². The van der Waals surface area contributed by atoms with Gasteiger partial charge in [0, 0.05) is 25.2 Å². The van der Waals surface area contributed by atoms with Gasteiger partial charge in [0.25, 0.3) is 5.69 Å². The van der Waals surface area contributed by atoms with Gasteiger partial charge >= 0.3 is 0 Å². The predicted molar refractivity (Wildman–Crippen MR) is 105 cm³/mol. The Labute approximate surface area is 169 Å². The number of benzene rings is 2. The summed E-state index contributed by atoms with van der Waals surface area (Å²) in [5, 5.41) is 19.6. The molecule has 0 spiro atoms. The molecule has 0 N–H and O–H groups in total. The molecule has 0 aromatic heterocycles. The van der Waals surface area contributed by atoms with Gasteiger partial charge in [-0.2, -0.15) is 9.57 Å². The molecule has 1 aliphatic heterocycles. The number of rotatable bonds is 7. The van der Waals surface area contributed by atoms with Gasteiger partial charge in [-0.15, -0.1) is 0 Å². The summed E-state index contributed by atoms with van der Waals surface area (Å²) in [6.45, 7) is 1.61. The lowest BCUT2D eigenvalue weighted by Crippen LogP contribution is -2.41. The molecule has 9 heteroatoms. The maximum Gasteiger partial charge on any atom is 0.269 e. The van der Waals surface area contributed by atoms with Crippen LogP contribution in [0.4, 0.5) is 5.69 Å². The Kier molecular flexibility index (Phi) is 6.59. The Morgan fingerprint density at radius 3 is 2.48 bits per heavy atom. The van der Waals surface area contributed by atoms with E-state index in [4.69, 9.17) is 10.00 Å². The zero-order valence-electron chi connectivity index (χ0n) is 15.7. The minimum atomic E-state index is -3.70. The van der Waals surface area contributed by atoms with E-state index >= 15 is 0 Å². The van der Waals surface area contributed by atoms with Crippen molar-refractivity contribution < 1.29 is 18.1 Å². The molecular weight excluding hydrogens is 394 g/mol. The minimum Gasteiger partial charge on any atom is -0.376 e. The molecule has 8 nitrogen and oxygen atoms in total. The number of nitro groups is 1. The minimum absolute atomic E-state index is 0.0576. The predicted octanol–water partition coefficient (Wildman–Crippen LogP) is 3.08. The van der Waals surface area contributed by atoms with E-state index in [0.717, 1.165) is 18.4 Å². The van der Waals surface area contributed by atoms with Gasteiger partial charge in [0.05, 0.1) is 34.7 Å². The van der Waals surface area contributed by atoms with Crippen LogP contribution in [0.5, 0.6) is 0 Å². The van der Waals surface area contributed by atoms with Crippen molar-refractivity contribution >= 4 is 15.7 Å². The van der Waals surface area contributed by atoms with Crippen LogP contribution < -0.4 is 0 Å². The second-order valence-electron chi connectivity index (χ2n) is 6.95. The number of non-ortho nitro benzene ring substituents is 1. The summed E-state index contributed by atoms with van der Waals surface area (Å²) in [5.41, 5.74) is 1.40. The van der Waals surface area contributed by atoms with Crippen LogP contribution in [0.2, 0.25) is 0 Å². The van der Waals surface area contributed by atoms with Crippen LogP contribution in [0.25, 0.3) is 0 Å². The number of nitro benzene ring substituents is 1. The Hall–Kier alpha value is -2.80. The summed E-state index contributed by atoms with van der Waals surface area (Å²) in [5.74, 6) is 0.0787.